The molecule has 4 heteroatoms. The molecule has 0 spiro atoms. The Balaban J connectivity index is 1.64. The van der Waals surface area contributed by atoms with Gasteiger partial charge in [-0.1, -0.05) is 12.8 Å². The van der Waals surface area contributed by atoms with Crippen LogP contribution in [0.15, 0.2) is 0 Å². The molecule has 2 heterocycles. The number of rotatable bonds is 6. The molecule has 1 amide bonds. The van der Waals surface area contributed by atoms with E-state index in [0.29, 0.717) is 12.3 Å². The first-order chi connectivity index (χ1) is 9.81. The van der Waals surface area contributed by atoms with Gasteiger partial charge in [-0.25, -0.2) is 0 Å². The number of amides is 1. The molecule has 0 aromatic heterocycles. The van der Waals surface area contributed by atoms with Gasteiger partial charge in [-0.05, 0) is 58.2 Å². The highest BCUT2D eigenvalue weighted by Gasteiger charge is 2.27. The Hall–Kier alpha value is -0.610. The van der Waals surface area contributed by atoms with Crippen LogP contribution in [0.4, 0.5) is 0 Å². The maximum atomic E-state index is 12.1. The van der Waals surface area contributed by atoms with Crippen molar-refractivity contribution in [3.63, 3.8) is 0 Å². The van der Waals surface area contributed by atoms with E-state index < -0.39 is 0 Å². The highest BCUT2D eigenvalue weighted by Crippen LogP contribution is 2.21. The van der Waals surface area contributed by atoms with Gasteiger partial charge in [0.25, 0.3) is 0 Å². The first-order valence-electron chi connectivity index (χ1n) is 8.53. The van der Waals surface area contributed by atoms with Crippen molar-refractivity contribution >= 4 is 5.91 Å². The van der Waals surface area contributed by atoms with Gasteiger partial charge in [0.05, 0.1) is 0 Å². The number of carbonyl (C=O) groups is 1. The molecule has 0 atom stereocenters. The Morgan fingerprint density at radius 2 is 1.65 bits per heavy atom. The van der Waals surface area contributed by atoms with Gasteiger partial charge in [0.15, 0.2) is 0 Å². The first kappa shape index (κ1) is 15.8. The van der Waals surface area contributed by atoms with Crippen LogP contribution in [0.5, 0.6) is 0 Å². The van der Waals surface area contributed by atoms with E-state index in [1.54, 1.807) is 0 Å². The van der Waals surface area contributed by atoms with Crippen molar-refractivity contribution < 1.29 is 4.79 Å². The Labute approximate surface area is 123 Å². The van der Waals surface area contributed by atoms with Gasteiger partial charge < -0.3 is 15.5 Å². The zero-order valence-electron chi connectivity index (χ0n) is 12.9. The second-order valence-electron chi connectivity index (χ2n) is 6.31. The summed E-state index contributed by atoms with van der Waals surface area (Å²) in [7, 11) is 0. The van der Waals surface area contributed by atoms with Gasteiger partial charge in [-0.15, -0.1) is 0 Å². The maximum absolute atomic E-state index is 12.1. The second-order valence-corrected chi connectivity index (χ2v) is 6.31. The van der Waals surface area contributed by atoms with E-state index in [9.17, 15) is 4.79 Å². The summed E-state index contributed by atoms with van der Waals surface area (Å²) in [5, 5.41) is 0. The highest BCUT2D eigenvalue weighted by molar-refractivity contribution is 5.76. The molecule has 0 aromatic rings. The molecule has 4 nitrogen and oxygen atoms in total. The third kappa shape index (κ3) is 4.74. The second kappa shape index (κ2) is 8.63. The molecule has 2 rings (SSSR count). The van der Waals surface area contributed by atoms with Crippen molar-refractivity contribution in [1.29, 1.82) is 0 Å². The summed E-state index contributed by atoms with van der Waals surface area (Å²) < 4.78 is 0. The summed E-state index contributed by atoms with van der Waals surface area (Å²) in [6.45, 7) is 5.23. The fourth-order valence-electron chi connectivity index (χ4n) is 3.52. The van der Waals surface area contributed by atoms with Gasteiger partial charge >= 0.3 is 0 Å². The molecule has 2 N–H and O–H groups in total. The number of nitrogens with zero attached hydrogens (tertiary/aromatic N) is 2. The Bertz CT molecular complexity index is 281. The van der Waals surface area contributed by atoms with Crippen LogP contribution in [0.2, 0.25) is 0 Å². The van der Waals surface area contributed by atoms with Gasteiger partial charge in [0, 0.05) is 25.6 Å². The lowest BCUT2D eigenvalue weighted by Gasteiger charge is -2.40. The molecule has 0 aliphatic carbocycles. The van der Waals surface area contributed by atoms with Crippen molar-refractivity contribution in [2.24, 2.45) is 5.73 Å². The van der Waals surface area contributed by atoms with Crippen molar-refractivity contribution in [2.75, 3.05) is 32.7 Å². The topological polar surface area (TPSA) is 49.6 Å². The van der Waals surface area contributed by atoms with Crippen LogP contribution in [0, 0.1) is 0 Å². The number of nitrogens with two attached hydrogens (primary N) is 1. The van der Waals surface area contributed by atoms with E-state index in [-0.39, 0.29) is 0 Å². The van der Waals surface area contributed by atoms with E-state index in [2.05, 4.69) is 9.80 Å². The lowest BCUT2D eigenvalue weighted by Crippen LogP contribution is -2.48. The molecule has 0 radical (unpaired) electrons. The summed E-state index contributed by atoms with van der Waals surface area (Å²) in [6, 6.07) is 0.733. The van der Waals surface area contributed by atoms with Crippen LogP contribution in [-0.4, -0.2) is 54.5 Å². The van der Waals surface area contributed by atoms with E-state index in [4.69, 9.17) is 5.73 Å². The monoisotopic (exact) mass is 281 g/mol. The van der Waals surface area contributed by atoms with Crippen LogP contribution in [0.3, 0.4) is 0 Å². The predicted molar refractivity (Wildman–Crippen MR) is 82.5 cm³/mol. The molecule has 2 saturated heterocycles. The summed E-state index contributed by atoms with van der Waals surface area (Å²) in [4.78, 5) is 16.9. The van der Waals surface area contributed by atoms with E-state index in [0.717, 1.165) is 44.9 Å². The Kier molecular flexibility index (Phi) is 6.80. The summed E-state index contributed by atoms with van der Waals surface area (Å²) in [5.74, 6) is 0.360. The fourth-order valence-corrected chi connectivity index (χ4v) is 3.52. The van der Waals surface area contributed by atoms with Crippen LogP contribution in [0.25, 0.3) is 0 Å². The van der Waals surface area contributed by atoms with Crippen molar-refractivity contribution in [1.82, 2.24) is 9.80 Å². The molecule has 0 saturated carbocycles. The van der Waals surface area contributed by atoms with Crippen LogP contribution in [-0.2, 0) is 4.79 Å². The number of carbonyl (C=O) groups excluding carboxylic acids is 1. The molecule has 2 aliphatic rings. The van der Waals surface area contributed by atoms with E-state index >= 15 is 0 Å². The van der Waals surface area contributed by atoms with Gasteiger partial charge in [0.2, 0.25) is 5.91 Å². The number of hydrogen-bond donors (Lipinski definition) is 1. The van der Waals surface area contributed by atoms with E-state index in [1.807, 2.05) is 0 Å². The van der Waals surface area contributed by atoms with Crippen LogP contribution < -0.4 is 5.73 Å². The number of piperidine rings is 2. The van der Waals surface area contributed by atoms with Crippen LogP contribution in [0.1, 0.15) is 57.8 Å². The lowest BCUT2D eigenvalue weighted by atomic mass is 9.99. The summed E-state index contributed by atoms with van der Waals surface area (Å²) in [6.07, 6.45) is 10.3. The zero-order valence-corrected chi connectivity index (χ0v) is 12.9. The van der Waals surface area contributed by atoms with Crippen molar-refractivity contribution in [2.45, 2.75) is 63.8 Å². The molecule has 0 bridgehead atoms. The van der Waals surface area contributed by atoms with Crippen molar-refractivity contribution in [3.05, 3.63) is 0 Å². The average molecular weight is 281 g/mol. The first-order valence-corrected chi connectivity index (χ1v) is 8.53. The fraction of sp³-hybridized carbons (Fsp3) is 0.938. The third-order valence-corrected chi connectivity index (χ3v) is 4.82. The number of likely N-dealkylation sites (tertiary alicyclic amines) is 2. The van der Waals surface area contributed by atoms with E-state index in [1.165, 1.54) is 45.2 Å². The number of hydrogen-bond acceptors (Lipinski definition) is 3. The molecule has 20 heavy (non-hydrogen) atoms. The standard InChI is InChI=1S/C16H31N3O/c17-10-4-1-3-7-16(20)19-13-8-15(9-14-19)18-11-5-2-6-12-18/h15H,1-14,17H2. The number of unbranched alkanes of at least 4 members (excludes halogenated alkanes) is 2. The molecule has 2 fully saturated rings. The minimum atomic E-state index is 0.360. The smallest absolute Gasteiger partial charge is 0.222 e. The average Bonchev–Trinajstić information content (AvgIpc) is 2.52. The zero-order chi connectivity index (χ0) is 14.2. The maximum Gasteiger partial charge on any atom is 0.222 e. The molecule has 0 aromatic carbocycles. The van der Waals surface area contributed by atoms with Crippen molar-refractivity contribution in [3.8, 4) is 0 Å². The molecule has 2 aliphatic heterocycles. The minimum Gasteiger partial charge on any atom is -0.343 e. The molecular formula is C16H31N3O. The normalized spacial score (nSPS) is 22.1. The molecule has 0 unspecified atom stereocenters. The minimum absolute atomic E-state index is 0.360. The third-order valence-electron chi connectivity index (χ3n) is 4.82. The summed E-state index contributed by atoms with van der Waals surface area (Å²) >= 11 is 0. The summed E-state index contributed by atoms with van der Waals surface area (Å²) in [5.41, 5.74) is 5.47. The Morgan fingerprint density at radius 3 is 2.30 bits per heavy atom. The Morgan fingerprint density at radius 1 is 0.950 bits per heavy atom. The van der Waals surface area contributed by atoms with Gasteiger partial charge in [-0.2, -0.15) is 0 Å². The van der Waals surface area contributed by atoms with Gasteiger partial charge in [-0.3, -0.25) is 4.79 Å². The largest absolute Gasteiger partial charge is 0.343 e. The SMILES string of the molecule is NCCCCCC(=O)N1CCC(N2CCCCC2)CC1. The predicted octanol–water partition coefficient (Wildman–Crippen LogP) is 1.98. The van der Waals surface area contributed by atoms with Gasteiger partial charge in [0.1, 0.15) is 0 Å². The van der Waals surface area contributed by atoms with Crippen LogP contribution >= 0.6 is 0 Å². The quantitative estimate of drug-likeness (QED) is 0.757. The molecular weight excluding hydrogens is 250 g/mol. The lowest BCUT2D eigenvalue weighted by molar-refractivity contribution is -0.133. The highest BCUT2D eigenvalue weighted by atomic mass is 16.2. The molecule has 116 valence electrons.